The van der Waals surface area contributed by atoms with Crippen molar-refractivity contribution in [1.29, 1.82) is 0 Å². The number of anilines is 1. The van der Waals surface area contributed by atoms with Gasteiger partial charge >= 0.3 is 11.9 Å². The summed E-state index contributed by atoms with van der Waals surface area (Å²) >= 11 is 1.11. The molecule has 1 rings (SSSR count). The molecule has 0 fully saturated rings. The predicted octanol–water partition coefficient (Wildman–Crippen LogP) is 1.10. The van der Waals surface area contributed by atoms with Crippen molar-refractivity contribution in [2.24, 2.45) is 5.16 Å². The quantitative estimate of drug-likeness (QED) is 0.367. The Morgan fingerprint density at radius 3 is 2.62 bits per heavy atom. The highest BCUT2D eigenvalue weighted by Gasteiger charge is 2.21. The molecule has 11 heteroatoms. The number of hydrogen-bond acceptors (Lipinski definition) is 10. The van der Waals surface area contributed by atoms with E-state index in [2.05, 4.69) is 10.1 Å². The first-order valence-corrected chi connectivity index (χ1v) is 10.1. The first kappa shape index (κ1) is 22.0. The zero-order valence-electron chi connectivity index (χ0n) is 15.1. The van der Waals surface area contributed by atoms with Crippen LogP contribution in [0.25, 0.3) is 0 Å². The van der Waals surface area contributed by atoms with Gasteiger partial charge in [0.05, 0.1) is 5.75 Å². The maximum absolute atomic E-state index is 12.2. The number of hydrogen-bond donors (Lipinski definition) is 1. The first-order chi connectivity index (χ1) is 12.1. The lowest BCUT2D eigenvalue weighted by Crippen LogP contribution is -2.27. The lowest BCUT2D eigenvalue weighted by Gasteiger charge is -2.18. The maximum Gasteiger partial charge on any atom is 0.362 e. The Bertz CT molecular complexity index is 681. The molecule has 9 nitrogen and oxygen atoms in total. The molecular formula is C15H23N3O6S2. The van der Waals surface area contributed by atoms with Crippen LogP contribution >= 0.6 is 11.3 Å². The number of carbonyl (C=O) groups is 2. The van der Waals surface area contributed by atoms with E-state index in [4.69, 9.17) is 20.0 Å². The van der Waals surface area contributed by atoms with Crippen molar-refractivity contribution in [2.75, 3.05) is 30.5 Å². The maximum atomic E-state index is 12.2. The van der Waals surface area contributed by atoms with Crippen LogP contribution in [0.15, 0.2) is 10.5 Å². The first-order valence-electron chi connectivity index (χ1n) is 7.77. The summed E-state index contributed by atoms with van der Waals surface area (Å²) in [6, 6.07) is 0. The van der Waals surface area contributed by atoms with Gasteiger partial charge in [0.25, 0.3) is 0 Å². The SMILES string of the molecule is CCS(=O)CCOC(=O)C(=NOCC(=O)OC(C)(C)C)c1csc(N)n1. The van der Waals surface area contributed by atoms with Crippen molar-refractivity contribution in [3.05, 3.63) is 11.1 Å². The third-order valence-electron chi connectivity index (χ3n) is 2.58. The van der Waals surface area contributed by atoms with Crippen LogP contribution in [0.3, 0.4) is 0 Å². The molecule has 0 amide bonds. The summed E-state index contributed by atoms with van der Waals surface area (Å²) < 4.78 is 21.5. The van der Waals surface area contributed by atoms with E-state index in [-0.39, 0.29) is 28.9 Å². The van der Waals surface area contributed by atoms with Gasteiger partial charge in [-0.05, 0) is 20.8 Å². The van der Waals surface area contributed by atoms with Crippen molar-refractivity contribution in [2.45, 2.75) is 33.3 Å². The molecule has 0 aliphatic carbocycles. The summed E-state index contributed by atoms with van der Waals surface area (Å²) in [6.45, 7) is 6.41. The number of nitrogens with zero attached hydrogens (tertiary/aromatic N) is 2. The number of esters is 2. The van der Waals surface area contributed by atoms with Crippen molar-refractivity contribution in [1.82, 2.24) is 4.98 Å². The van der Waals surface area contributed by atoms with E-state index in [9.17, 15) is 13.8 Å². The van der Waals surface area contributed by atoms with Crippen LogP contribution in [0.4, 0.5) is 5.13 Å². The minimum atomic E-state index is -1.06. The van der Waals surface area contributed by atoms with Crippen LogP contribution < -0.4 is 5.73 Å². The van der Waals surface area contributed by atoms with Crippen molar-refractivity contribution in [3.8, 4) is 0 Å². The fourth-order valence-corrected chi connectivity index (χ4v) is 2.65. The Kier molecular flexibility index (Phi) is 8.66. The van der Waals surface area contributed by atoms with E-state index < -0.39 is 34.9 Å². The normalized spacial score (nSPS) is 13.2. The fraction of sp³-hybridized carbons (Fsp3) is 0.600. The van der Waals surface area contributed by atoms with Gasteiger partial charge in [0.15, 0.2) is 5.13 Å². The molecule has 0 spiro atoms. The number of ether oxygens (including phenoxy) is 2. The van der Waals surface area contributed by atoms with Crippen LogP contribution in [0.1, 0.15) is 33.4 Å². The Morgan fingerprint density at radius 1 is 1.38 bits per heavy atom. The van der Waals surface area contributed by atoms with Crippen molar-refractivity contribution in [3.63, 3.8) is 0 Å². The highest BCUT2D eigenvalue weighted by atomic mass is 32.2. The van der Waals surface area contributed by atoms with Gasteiger partial charge < -0.3 is 20.0 Å². The molecular weight excluding hydrogens is 382 g/mol. The standard InChI is InChI=1S/C15H23N3O6S2/c1-5-26(21)7-6-22-13(20)12(10-9-25-14(16)17-10)18-23-8-11(19)24-15(2,3)4/h9H,5-8H2,1-4H3,(H2,16,17). The van der Waals surface area contributed by atoms with Gasteiger partial charge in [-0.1, -0.05) is 12.1 Å². The van der Waals surface area contributed by atoms with Crippen LogP contribution in [0, 0.1) is 0 Å². The Morgan fingerprint density at radius 2 is 2.08 bits per heavy atom. The molecule has 2 N–H and O–H groups in total. The van der Waals surface area contributed by atoms with Crippen LogP contribution in [-0.4, -0.2) is 57.2 Å². The predicted molar refractivity (Wildman–Crippen MR) is 99.4 cm³/mol. The molecule has 1 unspecified atom stereocenters. The summed E-state index contributed by atoms with van der Waals surface area (Å²) in [6.07, 6.45) is 0. The number of thiazole rings is 1. The number of rotatable bonds is 9. The topological polar surface area (TPSA) is 130 Å². The average Bonchev–Trinajstić information content (AvgIpc) is 2.95. The smallest absolute Gasteiger partial charge is 0.362 e. The molecule has 0 aliphatic rings. The number of aromatic nitrogens is 1. The number of oxime groups is 1. The van der Waals surface area contributed by atoms with Crippen LogP contribution in [-0.2, 0) is 34.7 Å². The third-order valence-corrected chi connectivity index (χ3v) is 4.52. The van der Waals surface area contributed by atoms with E-state index in [1.807, 2.05) is 0 Å². The van der Waals surface area contributed by atoms with Crippen molar-refractivity contribution < 1.29 is 28.1 Å². The highest BCUT2D eigenvalue weighted by Crippen LogP contribution is 2.13. The second kappa shape index (κ2) is 10.2. The highest BCUT2D eigenvalue weighted by molar-refractivity contribution is 7.84. The number of nitrogens with two attached hydrogens (primary N) is 1. The minimum absolute atomic E-state index is 0.0377. The van der Waals surface area contributed by atoms with E-state index in [0.717, 1.165) is 11.3 Å². The summed E-state index contributed by atoms with van der Waals surface area (Å²) in [5.41, 5.74) is 4.84. The van der Waals surface area contributed by atoms with Gasteiger partial charge in [-0.2, -0.15) is 0 Å². The molecule has 26 heavy (non-hydrogen) atoms. The summed E-state index contributed by atoms with van der Waals surface area (Å²) in [5, 5.41) is 5.40. The minimum Gasteiger partial charge on any atom is -0.460 e. The Labute approximate surface area is 158 Å². The molecule has 146 valence electrons. The zero-order chi connectivity index (χ0) is 19.7. The molecule has 1 atom stereocenters. The zero-order valence-corrected chi connectivity index (χ0v) is 16.8. The third kappa shape index (κ3) is 8.39. The average molecular weight is 405 g/mol. The summed E-state index contributed by atoms with van der Waals surface area (Å²) in [5.74, 6) is -0.758. The van der Waals surface area contributed by atoms with Gasteiger partial charge in [-0.25, -0.2) is 14.6 Å². The van der Waals surface area contributed by atoms with Gasteiger partial charge in [0, 0.05) is 21.9 Å². The van der Waals surface area contributed by atoms with Crippen molar-refractivity contribution >= 4 is 44.9 Å². The largest absolute Gasteiger partial charge is 0.460 e. The van der Waals surface area contributed by atoms with E-state index in [0.29, 0.717) is 5.75 Å². The molecule has 1 aromatic rings. The monoisotopic (exact) mass is 405 g/mol. The summed E-state index contributed by atoms with van der Waals surface area (Å²) in [7, 11) is -1.06. The lowest BCUT2D eigenvalue weighted by atomic mass is 10.2. The van der Waals surface area contributed by atoms with Gasteiger partial charge in [0.2, 0.25) is 12.3 Å². The van der Waals surface area contributed by atoms with E-state index in [1.165, 1.54) is 5.38 Å². The van der Waals surface area contributed by atoms with Crippen LogP contribution in [0.2, 0.25) is 0 Å². The fourth-order valence-electron chi connectivity index (χ4n) is 1.55. The van der Waals surface area contributed by atoms with E-state index >= 15 is 0 Å². The molecule has 1 aromatic heterocycles. The van der Waals surface area contributed by atoms with Gasteiger partial charge in [-0.3, -0.25) is 4.21 Å². The lowest BCUT2D eigenvalue weighted by molar-refractivity contribution is -0.160. The number of nitrogen functional groups attached to an aromatic ring is 1. The Balaban J connectivity index is 2.74. The molecule has 0 aromatic carbocycles. The molecule has 0 radical (unpaired) electrons. The second-order valence-electron chi connectivity index (χ2n) is 5.94. The number of carbonyl (C=O) groups excluding carboxylic acids is 2. The molecule has 0 aliphatic heterocycles. The van der Waals surface area contributed by atoms with Gasteiger partial charge in [-0.15, -0.1) is 11.3 Å². The van der Waals surface area contributed by atoms with E-state index in [1.54, 1.807) is 27.7 Å². The van der Waals surface area contributed by atoms with Crippen LogP contribution in [0.5, 0.6) is 0 Å². The molecule has 0 saturated carbocycles. The summed E-state index contributed by atoms with van der Waals surface area (Å²) in [4.78, 5) is 32.7. The second-order valence-corrected chi connectivity index (χ2v) is 8.69. The molecule has 0 bridgehead atoms. The molecule has 1 heterocycles. The Hall–Kier alpha value is -2.01. The molecule has 0 saturated heterocycles. The van der Waals surface area contributed by atoms with Gasteiger partial charge in [0.1, 0.15) is 17.9 Å².